The van der Waals surface area contributed by atoms with Crippen molar-refractivity contribution in [2.24, 2.45) is 0 Å². The van der Waals surface area contributed by atoms with Gasteiger partial charge in [-0.3, -0.25) is 0 Å². The van der Waals surface area contributed by atoms with E-state index in [2.05, 4.69) is 10.1 Å². The maximum Gasteiger partial charge on any atom is 0.339 e. The third kappa shape index (κ3) is 2.99. The highest BCUT2D eigenvalue weighted by Crippen LogP contribution is 2.13. The molecule has 0 N–H and O–H groups in total. The van der Waals surface area contributed by atoms with Gasteiger partial charge in [0.2, 0.25) is 0 Å². The average molecular weight is 203 g/mol. The van der Waals surface area contributed by atoms with Crippen LogP contribution in [0.5, 0.6) is 0 Å². The molecule has 0 unspecified atom stereocenters. The van der Waals surface area contributed by atoms with Gasteiger partial charge in [-0.1, -0.05) is 12.3 Å². The molecule has 4 nitrogen and oxygen atoms in total. The molecule has 0 aromatic rings. The summed E-state index contributed by atoms with van der Waals surface area (Å²) in [4.78, 5) is 0. The number of rotatable bonds is 3. The second kappa shape index (κ2) is 4.61. The Morgan fingerprint density at radius 1 is 1.31 bits per heavy atom. The van der Waals surface area contributed by atoms with Crippen molar-refractivity contribution in [2.75, 3.05) is 19.7 Å². The lowest BCUT2D eigenvalue weighted by molar-refractivity contribution is 0.269. The second-order valence-electron chi connectivity index (χ2n) is 2.88. The maximum atomic E-state index is 11.4. The van der Waals surface area contributed by atoms with Crippen molar-refractivity contribution >= 4 is 10.3 Å². The maximum absolute atomic E-state index is 11.4. The molecule has 0 saturated carbocycles. The van der Waals surface area contributed by atoms with Gasteiger partial charge in [0.05, 0.1) is 0 Å². The molecular formula is C8H13NO3S. The molecule has 74 valence electrons. The van der Waals surface area contributed by atoms with Crippen LogP contribution in [0, 0.1) is 12.3 Å². The summed E-state index contributed by atoms with van der Waals surface area (Å²) in [6.45, 7) is 0.915. The van der Waals surface area contributed by atoms with Crippen LogP contribution in [0.15, 0.2) is 0 Å². The fraction of sp³-hybridized carbons (Fsp3) is 0.750. The Kier molecular flexibility index (Phi) is 3.72. The molecule has 0 radical (unpaired) electrons. The van der Waals surface area contributed by atoms with Crippen LogP contribution in [-0.4, -0.2) is 32.4 Å². The van der Waals surface area contributed by atoms with E-state index in [1.807, 2.05) is 0 Å². The van der Waals surface area contributed by atoms with E-state index in [0.29, 0.717) is 13.1 Å². The summed E-state index contributed by atoms with van der Waals surface area (Å²) in [5, 5.41) is 0. The average Bonchev–Trinajstić information content (AvgIpc) is 2.16. The van der Waals surface area contributed by atoms with Gasteiger partial charge in [-0.05, 0) is 12.8 Å². The van der Waals surface area contributed by atoms with Crippen LogP contribution in [0.2, 0.25) is 0 Å². The molecule has 1 aliphatic heterocycles. The molecule has 0 amide bonds. The van der Waals surface area contributed by atoms with Crippen molar-refractivity contribution in [1.82, 2.24) is 4.31 Å². The lowest BCUT2D eigenvalue weighted by Crippen LogP contribution is -2.36. The summed E-state index contributed by atoms with van der Waals surface area (Å²) < 4.78 is 28.6. The van der Waals surface area contributed by atoms with Crippen molar-refractivity contribution < 1.29 is 12.6 Å². The van der Waals surface area contributed by atoms with Crippen molar-refractivity contribution in [3.63, 3.8) is 0 Å². The van der Waals surface area contributed by atoms with E-state index in [1.165, 1.54) is 4.31 Å². The van der Waals surface area contributed by atoms with E-state index in [1.54, 1.807) is 0 Å². The quantitative estimate of drug-likeness (QED) is 0.622. The van der Waals surface area contributed by atoms with Crippen LogP contribution >= 0.6 is 0 Å². The van der Waals surface area contributed by atoms with Gasteiger partial charge < -0.3 is 0 Å². The first kappa shape index (κ1) is 10.5. The predicted octanol–water partition coefficient (Wildman–Crippen LogP) is 0.367. The molecular weight excluding hydrogens is 190 g/mol. The van der Waals surface area contributed by atoms with E-state index in [0.717, 1.165) is 19.3 Å². The van der Waals surface area contributed by atoms with Crippen LogP contribution in [0.1, 0.15) is 19.3 Å². The highest BCUT2D eigenvalue weighted by molar-refractivity contribution is 7.84. The predicted molar refractivity (Wildman–Crippen MR) is 49.1 cm³/mol. The van der Waals surface area contributed by atoms with Crippen LogP contribution in [0.4, 0.5) is 0 Å². The minimum Gasteiger partial charge on any atom is -0.245 e. The van der Waals surface area contributed by atoms with Crippen molar-refractivity contribution in [3.05, 3.63) is 0 Å². The van der Waals surface area contributed by atoms with Crippen molar-refractivity contribution in [1.29, 1.82) is 0 Å². The molecule has 0 bridgehead atoms. The van der Waals surface area contributed by atoms with E-state index < -0.39 is 10.3 Å². The normalized spacial score (nSPS) is 19.6. The Morgan fingerprint density at radius 2 is 1.92 bits per heavy atom. The van der Waals surface area contributed by atoms with E-state index in [4.69, 9.17) is 6.42 Å². The highest BCUT2D eigenvalue weighted by atomic mass is 32.2. The fourth-order valence-electron chi connectivity index (χ4n) is 1.27. The number of piperidine rings is 1. The second-order valence-corrected chi connectivity index (χ2v) is 4.49. The number of hydrogen-bond acceptors (Lipinski definition) is 3. The van der Waals surface area contributed by atoms with E-state index >= 15 is 0 Å². The van der Waals surface area contributed by atoms with Crippen LogP contribution in [-0.2, 0) is 14.5 Å². The molecule has 0 aliphatic carbocycles. The van der Waals surface area contributed by atoms with Gasteiger partial charge in [-0.2, -0.15) is 12.7 Å². The molecule has 1 aliphatic rings. The molecule has 5 heteroatoms. The van der Waals surface area contributed by atoms with Gasteiger partial charge in [-0.25, -0.2) is 4.18 Å². The molecule has 1 saturated heterocycles. The van der Waals surface area contributed by atoms with Gasteiger partial charge in [0.25, 0.3) is 0 Å². The Bertz CT molecular complexity index is 285. The zero-order chi connectivity index (χ0) is 9.73. The molecule has 0 spiro atoms. The summed E-state index contributed by atoms with van der Waals surface area (Å²) in [7, 11) is -3.55. The summed E-state index contributed by atoms with van der Waals surface area (Å²) in [5.74, 6) is 2.13. The smallest absolute Gasteiger partial charge is 0.245 e. The number of nitrogens with zero attached hydrogens (tertiary/aromatic N) is 1. The molecule has 1 heterocycles. The van der Waals surface area contributed by atoms with Gasteiger partial charge in [0, 0.05) is 13.1 Å². The van der Waals surface area contributed by atoms with Crippen LogP contribution in [0.3, 0.4) is 0 Å². The Balaban J connectivity index is 2.53. The Morgan fingerprint density at radius 3 is 2.46 bits per heavy atom. The first-order valence-electron chi connectivity index (χ1n) is 4.25. The molecule has 0 aromatic heterocycles. The molecule has 0 aromatic carbocycles. The zero-order valence-electron chi connectivity index (χ0n) is 7.40. The summed E-state index contributed by atoms with van der Waals surface area (Å²) in [6.07, 6.45) is 7.79. The molecule has 13 heavy (non-hydrogen) atoms. The Hall–Kier alpha value is -0.570. The molecule has 0 atom stereocenters. The van der Waals surface area contributed by atoms with Crippen LogP contribution in [0.25, 0.3) is 0 Å². The lowest BCUT2D eigenvalue weighted by Gasteiger charge is -2.24. The van der Waals surface area contributed by atoms with Crippen LogP contribution < -0.4 is 0 Å². The van der Waals surface area contributed by atoms with Gasteiger partial charge in [0.1, 0.15) is 6.61 Å². The van der Waals surface area contributed by atoms with Gasteiger partial charge >= 0.3 is 10.3 Å². The monoisotopic (exact) mass is 203 g/mol. The third-order valence-corrected chi connectivity index (χ3v) is 3.34. The fourth-order valence-corrected chi connectivity index (χ4v) is 2.34. The molecule has 1 fully saturated rings. The zero-order valence-corrected chi connectivity index (χ0v) is 8.22. The summed E-state index contributed by atoms with van der Waals surface area (Å²) in [5.41, 5.74) is 0. The first-order chi connectivity index (χ1) is 6.17. The topological polar surface area (TPSA) is 46.6 Å². The Labute approximate surface area is 79.1 Å². The number of terminal acetylenes is 1. The molecule has 1 rings (SSSR count). The standard InChI is InChI=1S/C8H13NO3S/c1-2-8-12-13(10,11)9-6-4-3-5-7-9/h1H,3-8H2. The summed E-state index contributed by atoms with van der Waals surface area (Å²) >= 11 is 0. The van der Waals surface area contributed by atoms with Crippen molar-refractivity contribution in [3.8, 4) is 12.3 Å². The van der Waals surface area contributed by atoms with Gasteiger partial charge in [0.15, 0.2) is 0 Å². The van der Waals surface area contributed by atoms with Gasteiger partial charge in [-0.15, -0.1) is 6.42 Å². The third-order valence-electron chi connectivity index (χ3n) is 1.92. The SMILES string of the molecule is C#CCOS(=O)(=O)N1CCCCC1. The van der Waals surface area contributed by atoms with E-state index in [-0.39, 0.29) is 6.61 Å². The largest absolute Gasteiger partial charge is 0.339 e. The van der Waals surface area contributed by atoms with E-state index in [9.17, 15) is 8.42 Å². The lowest BCUT2D eigenvalue weighted by atomic mass is 10.2. The minimum atomic E-state index is -3.55. The minimum absolute atomic E-state index is 0.182. The summed E-state index contributed by atoms with van der Waals surface area (Å²) in [6, 6.07) is 0. The highest BCUT2D eigenvalue weighted by Gasteiger charge is 2.23. The number of hydrogen-bond donors (Lipinski definition) is 0. The van der Waals surface area contributed by atoms with Crippen molar-refractivity contribution in [2.45, 2.75) is 19.3 Å². The first-order valence-corrected chi connectivity index (χ1v) is 5.61.